The molecule has 1 aromatic carbocycles. The van der Waals surface area contributed by atoms with Gasteiger partial charge in [0, 0.05) is 5.57 Å². The van der Waals surface area contributed by atoms with Gasteiger partial charge in [-0.15, -0.1) is 12.4 Å². The molecule has 4 heteroatoms. The first-order valence-corrected chi connectivity index (χ1v) is 4.22. The number of rotatable bonds is 3. The maximum absolute atomic E-state index is 11.1. The van der Waals surface area contributed by atoms with Crippen LogP contribution in [0.15, 0.2) is 35.9 Å². The molecule has 0 amide bonds. The van der Waals surface area contributed by atoms with Crippen LogP contribution in [0.2, 0.25) is 0 Å². The van der Waals surface area contributed by atoms with Gasteiger partial charge in [-0.1, -0.05) is 30.3 Å². The van der Waals surface area contributed by atoms with E-state index in [-0.39, 0.29) is 12.4 Å². The minimum Gasteiger partial charge on any atom is -0.293 e. The fraction of sp³-hybridized carbons (Fsp3) is 0.182. The molecule has 0 N–H and O–H groups in total. The zero-order valence-corrected chi connectivity index (χ0v) is 9.41. The zero-order chi connectivity index (χ0) is 10.4. The Bertz CT molecular complexity index is 333. The van der Waals surface area contributed by atoms with Gasteiger partial charge in [0.2, 0.25) is 0 Å². The Labute approximate surface area is 95.0 Å². The van der Waals surface area contributed by atoms with E-state index in [2.05, 4.69) is 9.78 Å². The van der Waals surface area contributed by atoms with Crippen LogP contribution in [0.25, 0.3) is 6.08 Å². The van der Waals surface area contributed by atoms with Gasteiger partial charge in [0.15, 0.2) is 0 Å². The number of hydrogen-bond acceptors (Lipinski definition) is 3. The van der Waals surface area contributed by atoms with Gasteiger partial charge in [-0.05, 0) is 18.6 Å². The van der Waals surface area contributed by atoms with Crippen molar-refractivity contribution < 1.29 is 14.6 Å². The van der Waals surface area contributed by atoms with Crippen molar-refractivity contribution in [1.29, 1.82) is 0 Å². The summed E-state index contributed by atoms with van der Waals surface area (Å²) in [4.78, 5) is 19.8. The maximum Gasteiger partial charge on any atom is 0.368 e. The maximum atomic E-state index is 11.1. The summed E-state index contributed by atoms with van der Waals surface area (Å²) in [6, 6.07) is 9.54. The van der Waals surface area contributed by atoms with E-state index in [9.17, 15) is 4.79 Å². The van der Waals surface area contributed by atoms with Crippen molar-refractivity contribution in [3.05, 3.63) is 41.5 Å². The van der Waals surface area contributed by atoms with Gasteiger partial charge >= 0.3 is 5.97 Å². The molecule has 0 aromatic heterocycles. The summed E-state index contributed by atoms with van der Waals surface area (Å²) in [7, 11) is 1.30. The van der Waals surface area contributed by atoms with E-state index >= 15 is 0 Å². The number of halogens is 1. The van der Waals surface area contributed by atoms with E-state index in [1.54, 1.807) is 13.0 Å². The standard InChI is InChI=1S/C11H12O3.ClH/c1-9(11(12)14-13-2)8-10-6-4-3-5-7-10;/h3-8H,1-2H3;1H. The fourth-order valence-electron chi connectivity index (χ4n) is 1.000. The van der Waals surface area contributed by atoms with Crippen LogP contribution in [0, 0.1) is 0 Å². The number of carbonyl (C=O) groups is 1. The molecule has 3 nitrogen and oxygen atoms in total. The van der Waals surface area contributed by atoms with Gasteiger partial charge in [-0.2, -0.15) is 4.89 Å². The molecule has 1 aromatic rings. The van der Waals surface area contributed by atoms with Crippen LogP contribution in [0.5, 0.6) is 0 Å². The third-order valence-corrected chi connectivity index (χ3v) is 1.66. The van der Waals surface area contributed by atoms with Crippen LogP contribution in [-0.4, -0.2) is 13.1 Å². The molecule has 0 aliphatic heterocycles. The van der Waals surface area contributed by atoms with Crippen molar-refractivity contribution in [2.75, 3.05) is 7.11 Å². The molecule has 0 saturated heterocycles. The average Bonchev–Trinajstić information content (AvgIpc) is 2.19. The SMILES string of the molecule is COOC(=O)C(C)=Cc1ccccc1.Cl. The van der Waals surface area contributed by atoms with Crippen LogP contribution in [-0.2, 0) is 14.6 Å². The molecule has 0 spiro atoms. The molecule has 0 radical (unpaired) electrons. The van der Waals surface area contributed by atoms with E-state index in [1.807, 2.05) is 30.3 Å². The molecule has 0 atom stereocenters. The molecule has 0 saturated carbocycles. The summed E-state index contributed by atoms with van der Waals surface area (Å²) in [5, 5.41) is 0. The number of benzene rings is 1. The Kier molecular flexibility index (Phi) is 6.42. The average molecular weight is 229 g/mol. The van der Waals surface area contributed by atoms with Gasteiger partial charge in [0.25, 0.3) is 0 Å². The topological polar surface area (TPSA) is 35.5 Å². The first-order valence-electron chi connectivity index (χ1n) is 4.22. The predicted octanol–water partition coefficient (Wildman–Crippen LogP) is 2.62. The number of carbonyl (C=O) groups excluding carboxylic acids is 1. The highest BCUT2D eigenvalue weighted by atomic mass is 35.5. The van der Waals surface area contributed by atoms with Crippen molar-refractivity contribution in [2.24, 2.45) is 0 Å². The second-order valence-electron chi connectivity index (χ2n) is 2.78. The Hall–Kier alpha value is -1.32. The minimum atomic E-state index is -0.476. The van der Waals surface area contributed by atoms with Gasteiger partial charge in [0.1, 0.15) is 0 Å². The van der Waals surface area contributed by atoms with Crippen LogP contribution >= 0.6 is 12.4 Å². The summed E-state index contributed by atoms with van der Waals surface area (Å²) < 4.78 is 0. The highest BCUT2D eigenvalue weighted by Gasteiger charge is 2.05. The van der Waals surface area contributed by atoms with Gasteiger partial charge < -0.3 is 0 Å². The van der Waals surface area contributed by atoms with Gasteiger partial charge in [0.05, 0.1) is 7.11 Å². The van der Waals surface area contributed by atoms with Crippen molar-refractivity contribution in [1.82, 2.24) is 0 Å². The Morgan fingerprint density at radius 3 is 2.40 bits per heavy atom. The lowest BCUT2D eigenvalue weighted by Crippen LogP contribution is -2.04. The van der Waals surface area contributed by atoms with E-state index in [0.717, 1.165) is 5.56 Å². The summed E-state index contributed by atoms with van der Waals surface area (Å²) in [5.41, 5.74) is 1.45. The first kappa shape index (κ1) is 13.7. The van der Waals surface area contributed by atoms with Crippen molar-refractivity contribution in [3.63, 3.8) is 0 Å². The van der Waals surface area contributed by atoms with E-state index in [1.165, 1.54) is 7.11 Å². The molecule has 0 bridgehead atoms. The lowest BCUT2D eigenvalue weighted by atomic mass is 10.1. The Balaban J connectivity index is 0.00000196. The minimum absolute atomic E-state index is 0. The largest absolute Gasteiger partial charge is 0.368 e. The molecule has 0 aliphatic rings. The molecule has 0 heterocycles. The monoisotopic (exact) mass is 228 g/mol. The third-order valence-electron chi connectivity index (χ3n) is 1.66. The quantitative estimate of drug-likeness (QED) is 0.453. The lowest BCUT2D eigenvalue weighted by molar-refractivity contribution is -0.250. The second kappa shape index (κ2) is 7.04. The van der Waals surface area contributed by atoms with Crippen molar-refractivity contribution in [3.8, 4) is 0 Å². The summed E-state index contributed by atoms with van der Waals surface area (Å²) in [6.07, 6.45) is 1.74. The van der Waals surface area contributed by atoms with Crippen molar-refractivity contribution in [2.45, 2.75) is 6.92 Å². The molecule has 1 rings (SSSR count). The van der Waals surface area contributed by atoms with Crippen LogP contribution in [0.1, 0.15) is 12.5 Å². The number of hydrogen-bond donors (Lipinski definition) is 0. The van der Waals surface area contributed by atoms with Gasteiger partial charge in [-0.25, -0.2) is 4.79 Å². The Morgan fingerprint density at radius 2 is 1.87 bits per heavy atom. The molecule has 0 fully saturated rings. The molecule has 0 aliphatic carbocycles. The molecular weight excluding hydrogens is 216 g/mol. The zero-order valence-electron chi connectivity index (χ0n) is 8.60. The molecular formula is C11H13ClO3. The van der Waals surface area contributed by atoms with Crippen LogP contribution in [0.4, 0.5) is 0 Å². The third kappa shape index (κ3) is 4.63. The normalized spacial score (nSPS) is 10.4. The van der Waals surface area contributed by atoms with E-state index in [0.29, 0.717) is 5.57 Å². The smallest absolute Gasteiger partial charge is 0.293 e. The predicted molar refractivity (Wildman–Crippen MR) is 60.4 cm³/mol. The highest BCUT2D eigenvalue weighted by molar-refractivity contribution is 5.92. The highest BCUT2D eigenvalue weighted by Crippen LogP contribution is 2.07. The van der Waals surface area contributed by atoms with Gasteiger partial charge in [-0.3, -0.25) is 4.89 Å². The molecule has 15 heavy (non-hydrogen) atoms. The first-order chi connectivity index (χ1) is 6.74. The van der Waals surface area contributed by atoms with Crippen LogP contribution in [0.3, 0.4) is 0 Å². The van der Waals surface area contributed by atoms with Crippen molar-refractivity contribution >= 4 is 24.5 Å². The summed E-state index contributed by atoms with van der Waals surface area (Å²) in [6.45, 7) is 1.67. The molecule has 0 unspecified atom stereocenters. The van der Waals surface area contributed by atoms with E-state index in [4.69, 9.17) is 0 Å². The lowest BCUT2D eigenvalue weighted by Gasteiger charge is -1.99. The molecule has 82 valence electrons. The van der Waals surface area contributed by atoms with E-state index < -0.39 is 5.97 Å². The summed E-state index contributed by atoms with van der Waals surface area (Å²) >= 11 is 0. The summed E-state index contributed by atoms with van der Waals surface area (Å²) in [5.74, 6) is -0.476. The Morgan fingerprint density at radius 1 is 1.27 bits per heavy atom. The van der Waals surface area contributed by atoms with Crippen LogP contribution < -0.4 is 0 Å². The fourth-order valence-corrected chi connectivity index (χ4v) is 1.000. The second-order valence-corrected chi connectivity index (χ2v) is 2.78.